The van der Waals surface area contributed by atoms with Crippen molar-refractivity contribution in [3.63, 3.8) is 0 Å². The first-order valence-corrected chi connectivity index (χ1v) is 10.6. The van der Waals surface area contributed by atoms with Gasteiger partial charge < -0.3 is 15.8 Å². The minimum absolute atomic E-state index is 0.158. The Hall–Kier alpha value is -2.67. The van der Waals surface area contributed by atoms with Crippen molar-refractivity contribution in [3.05, 3.63) is 70.6 Å². The summed E-state index contributed by atoms with van der Waals surface area (Å²) in [6.07, 6.45) is 0. The highest BCUT2D eigenvalue weighted by Crippen LogP contribution is 2.32. The first-order chi connectivity index (χ1) is 14.1. The number of nitrogen functional groups attached to an aromatic ring is 1. The van der Waals surface area contributed by atoms with E-state index in [1.807, 2.05) is 42.5 Å². The number of thiophene rings is 1. The van der Waals surface area contributed by atoms with Crippen molar-refractivity contribution in [3.8, 4) is 10.4 Å². The number of carbonyl (C=O) groups excluding carboxylic acids is 1. The highest BCUT2D eigenvalue weighted by molar-refractivity contribution is 7.15. The summed E-state index contributed by atoms with van der Waals surface area (Å²) >= 11 is 1.72. The largest absolute Gasteiger partial charge is 0.397 e. The SMILES string of the molecule is Cc1ccc(-c2ccc(N)c(NC(=O)c3ccc(CN4CCOCC4)cc3)c2)s1. The van der Waals surface area contributed by atoms with Crippen molar-refractivity contribution in [2.45, 2.75) is 13.5 Å². The first-order valence-electron chi connectivity index (χ1n) is 9.75. The van der Waals surface area contributed by atoms with Crippen molar-refractivity contribution >= 4 is 28.6 Å². The smallest absolute Gasteiger partial charge is 0.255 e. The second-order valence-electron chi connectivity index (χ2n) is 7.25. The molecule has 0 radical (unpaired) electrons. The van der Waals surface area contributed by atoms with Crippen molar-refractivity contribution in [1.29, 1.82) is 0 Å². The highest BCUT2D eigenvalue weighted by atomic mass is 32.1. The number of hydrogen-bond donors (Lipinski definition) is 2. The molecule has 0 unspecified atom stereocenters. The quantitative estimate of drug-likeness (QED) is 0.616. The number of morpholine rings is 1. The normalized spacial score (nSPS) is 14.7. The number of ether oxygens (including phenoxy) is 1. The summed E-state index contributed by atoms with van der Waals surface area (Å²) in [7, 11) is 0. The van der Waals surface area contributed by atoms with E-state index in [9.17, 15) is 4.79 Å². The summed E-state index contributed by atoms with van der Waals surface area (Å²) in [5.74, 6) is -0.158. The van der Waals surface area contributed by atoms with Crippen LogP contribution < -0.4 is 11.1 Å². The van der Waals surface area contributed by atoms with Crippen LogP contribution in [-0.2, 0) is 11.3 Å². The summed E-state index contributed by atoms with van der Waals surface area (Å²) in [5, 5.41) is 2.96. The molecular formula is C23H25N3O2S. The van der Waals surface area contributed by atoms with E-state index in [-0.39, 0.29) is 5.91 Å². The number of hydrogen-bond acceptors (Lipinski definition) is 5. The van der Waals surface area contributed by atoms with Crippen LogP contribution in [0.25, 0.3) is 10.4 Å². The van der Waals surface area contributed by atoms with Gasteiger partial charge in [0.15, 0.2) is 0 Å². The summed E-state index contributed by atoms with van der Waals surface area (Å²) < 4.78 is 5.39. The van der Waals surface area contributed by atoms with E-state index in [0.717, 1.165) is 43.3 Å². The molecule has 1 aromatic heterocycles. The fourth-order valence-electron chi connectivity index (χ4n) is 3.38. The van der Waals surface area contributed by atoms with Gasteiger partial charge in [-0.15, -0.1) is 11.3 Å². The molecule has 1 saturated heterocycles. The maximum Gasteiger partial charge on any atom is 0.255 e. The second-order valence-corrected chi connectivity index (χ2v) is 8.54. The Labute approximate surface area is 175 Å². The van der Waals surface area contributed by atoms with Crippen LogP contribution in [0.5, 0.6) is 0 Å². The first kappa shape index (κ1) is 19.6. The zero-order chi connectivity index (χ0) is 20.2. The van der Waals surface area contributed by atoms with Gasteiger partial charge in [-0.05, 0) is 54.4 Å². The molecule has 3 aromatic rings. The summed E-state index contributed by atoms with van der Waals surface area (Å²) in [6.45, 7) is 6.42. The number of rotatable bonds is 5. The monoisotopic (exact) mass is 407 g/mol. The molecule has 1 fully saturated rings. The average Bonchev–Trinajstić information content (AvgIpc) is 3.17. The van der Waals surface area contributed by atoms with Crippen LogP contribution in [0.4, 0.5) is 11.4 Å². The Morgan fingerprint density at radius 2 is 1.86 bits per heavy atom. The number of carbonyl (C=O) groups is 1. The number of benzene rings is 2. The lowest BCUT2D eigenvalue weighted by Crippen LogP contribution is -2.35. The molecule has 0 spiro atoms. The number of aryl methyl sites for hydroxylation is 1. The summed E-state index contributed by atoms with van der Waals surface area (Å²) in [6, 6.07) is 17.7. The van der Waals surface area contributed by atoms with Crippen LogP contribution in [0, 0.1) is 6.92 Å². The number of anilines is 2. The van der Waals surface area contributed by atoms with Gasteiger partial charge in [-0.1, -0.05) is 18.2 Å². The summed E-state index contributed by atoms with van der Waals surface area (Å²) in [5.41, 5.74) is 10.2. The molecule has 29 heavy (non-hydrogen) atoms. The van der Waals surface area contributed by atoms with Crippen LogP contribution in [0.15, 0.2) is 54.6 Å². The van der Waals surface area contributed by atoms with Gasteiger partial charge in [-0.3, -0.25) is 9.69 Å². The molecule has 1 aliphatic rings. The molecule has 0 saturated carbocycles. The van der Waals surface area contributed by atoms with Crippen LogP contribution in [0.2, 0.25) is 0 Å². The Kier molecular flexibility index (Phi) is 5.94. The van der Waals surface area contributed by atoms with E-state index in [4.69, 9.17) is 10.5 Å². The van der Waals surface area contributed by atoms with Gasteiger partial charge in [-0.2, -0.15) is 0 Å². The van der Waals surface area contributed by atoms with E-state index in [0.29, 0.717) is 16.9 Å². The number of nitrogens with two attached hydrogens (primary N) is 1. The minimum atomic E-state index is -0.158. The fourth-order valence-corrected chi connectivity index (χ4v) is 4.24. The fraction of sp³-hybridized carbons (Fsp3) is 0.261. The van der Waals surface area contributed by atoms with Gasteiger partial charge in [0.25, 0.3) is 5.91 Å². The minimum Gasteiger partial charge on any atom is -0.397 e. The van der Waals surface area contributed by atoms with Gasteiger partial charge >= 0.3 is 0 Å². The van der Waals surface area contributed by atoms with Crippen LogP contribution in [0.3, 0.4) is 0 Å². The van der Waals surface area contributed by atoms with E-state index in [1.165, 1.54) is 10.4 Å². The maximum absolute atomic E-state index is 12.7. The van der Waals surface area contributed by atoms with E-state index in [2.05, 4.69) is 29.3 Å². The summed E-state index contributed by atoms with van der Waals surface area (Å²) in [4.78, 5) is 17.5. The zero-order valence-electron chi connectivity index (χ0n) is 16.5. The van der Waals surface area contributed by atoms with E-state index < -0.39 is 0 Å². The van der Waals surface area contributed by atoms with Crippen molar-refractivity contribution in [2.24, 2.45) is 0 Å². The van der Waals surface area contributed by atoms with Crippen molar-refractivity contribution in [1.82, 2.24) is 4.90 Å². The molecule has 150 valence electrons. The molecule has 2 aromatic carbocycles. The average molecular weight is 408 g/mol. The third-order valence-electron chi connectivity index (χ3n) is 5.05. The maximum atomic E-state index is 12.7. The predicted molar refractivity (Wildman–Crippen MR) is 119 cm³/mol. The molecule has 6 heteroatoms. The lowest BCUT2D eigenvalue weighted by atomic mass is 10.1. The Morgan fingerprint density at radius 3 is 2.55 bits per heavy atom. The lowest BCUT2D eigenvalue weighted by molar-refractivity contribution is 0.0342. The van der Waals surface area contributed by atoms with Crippen LogP contribution in [-0.4, -0.2) is 37.1 Å². The van der Waals surface area contributed by atoms with E-state index in [1.54, 1.807) is 11.3 Å². The standard InChI is InChI=1S/C23H25N3O2S/c1-16-2-9-22(29-16)19-7-8-20(24)21(14-19)25-23(27)18-5-3-17(4-6-18)15-26-10-12-28-13-11-26/h2-9,14H,10-13,15,24H2,1H3,(H,25,27). The molecule has 2 heterocycles. The lowest BCUT2D eigenvalue weighted by Gasteiger charge is -2.26. The highest BCUT2D eigenvalue weighted by Gasteiger charge is 2.13. The molecule has 4 rings (SSSR count). The van der Waals surface area contributed by atoms with Gasteiger partial charge in [0.1, 0.15) is 0 Å². The molecular weight excluding hydrogens is 382 g/mol. The molecule has 3 N–H and O–H groups in total. The Bertz CT molecular complexity index is 992. The van der Waals surface area contributed by atoms with Crippen LogP contribution in [0.1, 0.15) is 20.8 Å². The van der Waals surface area contributed by atoms with Gasteiger partial charge in [0.05, 0.1) is 24.6 Å². The molecule has 1 aliphatic heterocycles. The number of nitrogens with zero attached hydrogens (tertiary/aromatic N) is 1. The van der Waals surface area contributed by atoms with Gasteiger partial charge in [0, 0.05) is 35.0 Å². The Balaban J connectivity index is 1.44. The Morgan fingerprint density at radius 1 is 1.10 bits per heavy atom. The molecule has 5 nitrogen and oxygen atoms in total. The predicted octanol–water partition coefficient (Wildman–Crippen LogP) is 4.39. The van der Waals surface area contributed by atoms with Crippen molar-refractivity contribution in [2.75, 3.05) is 37.4 Å². The molecule has 0 bridgehead atoms. The number of nitrogens with one attached hydrogen (secondary N) is 1. The van der Waals surface area contributed by atoms with Crippen LogP contribution >= 0.6 is 11.3 Å². The molecule has 1 amide bonds. The molecule has 0 atom stereocenters. The zero-order valence-corrected chi connectivity index (χ0v) is 17.3. The topological polar surface area (TPSA) is 67.6 Å². The third kappa shape index (κ3) is 4.85. The van der Waals surface area contributed by atoms with Gasteiger partial charge in [0.2, 0.25) is 0 Å². The third-order valence-corrected chi connectivity index (χ3v) is 6.10. The second kappa shape index (κ2) is 8.78. The van der Waals surface area contributed by atoms with Crippen molar-refractivity contribution < 1.29 is 9.53 Å². The number of amides is 1. The van der Waals surface area contributed by atoms with E-state index >= 15 is 0 Å². The van der Waals surface area contributed by atoms with Gasteiger partial charge in [-0.25, -0.2) is 0 Å². The molecule has 0 aliphatic carbocycles.